The van der Waals surface area contributed by atoms with Crippen molar-refractivity contribution in [1.29, 1.82) is 0 Å². The van der Waals surface area contributed by atoms with Crippen molar-refractivity contribution in [3.8, 4) is 0 Å². The maximum atomic E-state index is 12.6. The van der Waals surface area contributed by atoms with Gasteiger partial charge in [0.05, 0.1) is 18.6 Å². The molecule has 0 fully saturated rings. The summed E-state index contributed by atoms with van der Waals surface area (Å²) in [6, 6.07) is -5.55. The lowest BCUT2D eigenvalue weighted by atomic mass is 10.1. The van der Waals surface area contributed by atoms with E-state index >= 15 is 0 Å². The largest absolute Gasteiger partial charge is 0.480 e. The maximum absolute atomic E-state index is 12.6. The van der Waals surface area contributed by atoms with E-state index in [9.17, 15) is 34.2 Å². The van der Waals surface area contributed by atoms with Crippen LogP contribution in [0.25, 0.3) is 0 Å². The summed E-state index contributed by atoms with van der Waals surface area (Å²) in [6.07, 6.45) is -1.90. The Morgan fingerprint density at radius 2 is 1.55 bits per heavy atom. The standard InChI is InChI=1S/C17H32N8O7S/c1-7(26)12(15(30)23-9(16(31)32)3-2-4-22-17(20)21)25-14(29)10(5-11(19)27)24-13(28)8(18)6-33/h7-10,12,26,33H,2-6,18H2,1H3,(H2,19,27)(H,23,30)(H,24,28)(H,25,29)(H,31,32)(H4,20,21,22). The summed E-state index contributed by atoms with van der Waals surface area (Å²) in [5.74, 6) is -5.33. The molecule has 0 aliphatic carbocycles. The topological polar surface area (TPSA) is 278 Å². The van der Waals surface area contributed by atoms with E-state index in [0.717, 1.165) is 0 Å². The number of primary amides is 1. The Morgan fingerprint density at radius 1 is 0.970 bits per heavy atom. The van der Waals surface area contributed by atoms with Crippen LogP contribution in [0.5, 0.6) is 0 Å². The number of carbonyl (C=O) groups is 5. The molecule has 0 spiro atoms. The number of thiol groups is 1. The molecule has 33 heavy (non-hydrogen) atoms. The number of amides is 4. The fourth-order valence-corrected chi connectivity index (χ4v) is 2.62. The maximum Gasteiger partial charge on any atom is 0.326 e. The summed E-state index contributed by atoms with van der Waals surface area (Å²) < 4.78 is 0. The number of carboxylic acid groups (broad SMARTS) is 1. The number of aliphatic carboxylic acids is 1. The number of nitrogens with two attached hydrogens (primary N) is 4. The number of hydrogen-bond donors (Lipinski definition) is 10. The average molecular weight is 493 g/mol. The Labute approximate surface area is 195 Å². The molecule has 0 rings (SSSR count). The summed E-state index contributed by atoms with van der Waals surface area (Å²) in [7, 11) is 0. The first-order valence-electron chi connectivity index (χ1n) is 9.82. The Balaban J connectivity index is 5.34. The zero-order valence-corrected chi connectivity index (χ0v) is 19.0. The molecule has 0 saturated heterocycles. The van der Waals surface area contributed by atoms with Crippen molar-refractivity contribution < 1.29 is 34.2 Å². The number of carboxylic acids is 1. The van der Waals surface area contributed by atoms with E-state index in [-0.39, 0.29) is 31.1 Å². The van der Waals surface area contributed by atoms with Gasteiger partial charge in [-0.15, -0.1) is 0 Å². The highest BCUT2D eigenvalue weighted by Gasteiger charge is 2.33. The molecule has 0 aliphatic rings. The van der Waals surface area contributed by atoms with Crippen LogP contribution in [0.2, 0.25) is 0 Å². The van der Waals surface area contributed by atoms with E-state index in [4.69, 9.17) is 22.9 Å². The van der Waals surface area contributed by atoms with Crippen molar-refractivity contribution in [1.82, 2.24) is 16.0 Å². The minimum Gasteiger partial charge on any atom is -0.480 e. The van der Waals surface area contributed by atoms with E-state index < -0.39 is 66.3 Å². The molecule has 5 unspecified atom stereocenters. The van der Waals surface area contributed by atoms with Crippen molar-refractivity contribution in [2.24, 2.45) is 27.9 Å². The zero-order valence-electron chi connectivity index (χ0n) is 18.1. The second-order valence-corrected chi connectivity index (χ2v) is 7.46. The van der Waals surface area contributed by atoms with Crippen molar-refractivity contribution in [2.45, 2.75) is 56.5 Å². The van der Waals surface area contributed by atoms with Gasteiger partial charge in [-0.2, -0.15) is 12.6 Å². The van der Waals surface area contributed by atoms with Crippen LogP contribution in [0.1, 0.15) is 26.2 Å². The van der Waals surface area contributed by atoms with Gasteiger partial charge in [-0.05, 0) is 19.8 Å². The Morgan fingerprint density at radius 3 is 2.00 bits per heavy atom. The summed E-state index contributed by atoms with van der Waals surface area (Å²) in [5, 5.41) is 25.9. The molecule has 5 atom stereocenters. The second-order valence-electron chi connectivity index (χ2n) is 7.10. The lowest BCUT2D eigenvalue weighted by Crippen LogP contribution is -2.60. The van der Waals surface area contributed by atoms with E-state index in [1.807, 2.05) is 0 Å². The molecule has 188 valence electrons. The first kappa shape index (κ1) is 29.9. The van der Waals surface area contributed by atoms with Gasteiger partial charge in [0.2, 0.25) is 23.6 Å². The fraction of sp³-hybridized carbons (Fsp3) is 0.647. The third kappa shape index (κ3) is 11.9. The predicted molar refractivity (Wildman–Crippen MR) is 121 cm³/mol. The summed E-state index contributed by atoms with van der Waals surface area (Å²) in [5.41, 5.74) is 21.0. The minimum absolute atomic E-state index is 0.0414. The van der Waals surface area contributed by atoms with Crippen LogP contribution in [0.4, 0.5) is 0 Å². The molecule has 13 N–H and O–H groups in total. The summed E-state index contributed by atoms with van der Waals surface area (Å²) in [4.78, 5) is 63.6. The van der Waals surface area contributed by atoms with Gasteiger partial charge in [0.1, 0.15) is 18.1 Å². The Bertz CT molecular complexity index is 745. The molecule has 4 amide bonds. The van der Waals surface area contributed by atoms with Crippen molar-refractivity contribution in [2.75, 3.05) is 12.3 Å². The normalized spacial score (nSPS) is 15.2. The average Bonchev–Trinajstić information content (AvgIpc) is 2.71. The highest BCUT2D eigenvalue weighted by Crippen LogP contribution is 2.03. The van der Waals surface area contributed by atoms with Crippen LogP contribution in [0.15, 0.2) is 4.99 Å². The van der Waals surface area contributed by atoms with Crippen LogP contribution in [-0.2, 0) is 24.0 Å². The van der Waals surface area contributed by atoms with Gasteiger partial charge in [0, 0.05) is 12.3 Å². The minimum atomic E-state index is -1.61. The van der Waals surface area contributed by atoms with E-state index in [0.29, 0.717) is 0 Å². The number of nitrogens with zero attached hydrogens (tertiary/aromatic N) is 1. The molecule has 0 heterocycles. The molecule has 0 aliphatic heterocycles. The van der Waals surface area contributed by atoms with E-state index in [2.05, 4.69) is 33.6 Å². The van der Waals surface area contributed by atoms with Crippen LogP contribution < -0.4 is 38.9 Å². The van der Waals surface area contributed by atoms with Crippen LogP contribution in [-0.4, -0.2) is 88.3 Å². The predicted octanol–water partition coefficient (Wildman–Crippen LogP) is -4.91. The number of aliphatic hydroxyl groups is 1. The number of rotatable bonds is 15. The van der Waals surface area contributed by atoms with Crippen LogP contribution in [0.3, 0.4) is 0 Å². The van der Waals surface area contributed by atoms with E-state index in [1.165, 1.54) is 6.92 Å². The lowest BCUT2D eigenvalue weighted by molar-refractivity contribution is -0.143. The first-order chi connectivity index (χ1) is 15.3. The number of aliphatic imine (C=N–C) groups is 1. The van der Waals surface area contributed by atoms with Gasteiger partial charge >= 0.3 is 5.97 Å². The number of carbonyl (C=O) groups excluding carboxylic acids is 4. The number of aliphatic hydroxyl groups excluding tert-OH is 1. The van der Waals surface area contributed by atoms with E-state index in [1.54, 1.807) is 0 Å². The molecule has 0 aromatic heterocycles. The number of nitrogens with one attached hydrogen (secondary N) is 3. The number of guanidine groups is 1. The third-order valence-corrected chi connectivity index (χ3v) is 4.59. The zero-order chi connectivity index (χ0) is 25.7. The van der Waals surface area contributed by atoms with Gasteiger partial charge < -0.3 is 49.1 Å². The summed E-state index contributed by atoms with van der Waals surface area (Å²) in [6.45, 7) is 1.30. The summed E-state index contributed by atoms with van der Waals surface area (Å²) >= 11 is 3.87. The van der Waals surface area contributed by atoms with Gasteiger partial charge in [-0.1, -0.05) is 0 Å². The second kappa shape index (κ2) is 14.9. The Kier molecular flexibility index (Phi) is 13.5. The smallest absolute Gasteiger partial charge is 0.326 e. The van der Waals surface area contributed by atoms with Gasteiger partial charge in [0.15, 0.2) is 5.96 Å². The monoisotopic (exact) mass is 492 g/mol. The van der Waals surface area contributed by atoms with Crippen LogP contribution >= 0.6 is 12.6 Å². The van der Waals surface area contributed by atoms with Crippen molar-refractivity contribution in [3.63, 3.8) is 0 Å². The van der Waals surface area contributed by atoms with Crippen LogP contribution in [0, 0.1) is 0 Å². The lowest BCUT2D eigenvalue weighted by Gasteiger charge is -2.26. The molecule has 0 aromatic carbocycles. The third-order valence-electron chi connectivity index (χ3n) is 4.19. The quantitative estimate of drug-likeness (QED) is 0.0450. The fourth-order valence-electron chi connectivity index (χ4n) is 2.45. The molecule has 0 bridgehead atoms. The molecule has 0 saturated carbocycles. The Hall–Kier alpha value is -3.11. The number of hydrogen-bond acceptors (Lipinski definition) is 9. The first-order valence-corrected chi connectivity index (χ1v) is 10.5. The highest BCUT2D eigenvalue weighted by atomic mass is 32.1. The van der Waals surface area contributed by atoms with Gasteiger partial charge in [-0.25, -0.2) is 4.79 Å². The molecule has 16 heteroatoms. The van der Waals surface area contributed by atoms with Gasteiger partial charge in [0.25, 0.3) is 0 Å². The highest BCUT2D eigenvalue weighted by molar-refractivity contribution is 7.80. The molecule has 0 aromatic rings. The SMILES string of the molecule is CC(O)C(NC(=O)C(CC(N)=O)NC(=O)C(N)CS)C(=O)NC(CCCN=C(N)N)C(=O)O. The van der Waals surface area contributed by atoms with Crippen molar-refractivity contribution >= 4 is 48.2 Å². The molecular formula is C17H32N8O7S. The molecular weight excluding hydrogens is 460 g/mol. The molecule has 0 radical (unpaired) electrons. The van der Waals surface area contributed by atoms with Gasteiger partial charge in [-0.3, -0.25) is 24.2 Å². The molecule has 15 nitrogen and oxygen atoms in total. The van der Waals surface area contributed by atoms with Crippen molar-refractivity contribution in [3.05, 3.63) is 0 Å².